The molecule has 0 aromatic rings. The summed E-state index contributed by atoms with van der Waals surface area (Å²) in [4.78, 5) is 2.54. The molecule has 0 aliphatic heterocycles. The fraction of sp³-hybridized carbons (Fsp3) is 1.00. The van der Waals surface area contributed by atoms with E-state index in [4.69, 9.17) is 0 Å². The number of hydrogen-bond donors (Lipinski definition) is 2. The first-order valence-corrected chi connectivity index (χ1v) is 7.44. The van der Waals surface area contributed by atoms with Crippen molar-refractivity contribution in [3.8, 4) is 0 Å². The van der Waals surface area contributed by atoms with Gasteiger partial charge in [0.15, 0.2) is 0 Å². The predicted molar refractivity (Wildman–Crippen MR) is 79.9 cm³/mol. The number of nitrogens with zero attached hydrogens (tertiary/aromatic N) is 1. The average molecular weight is 258 g/mol. The molecule has 0 spiro atoms. The first-order valence-electron chi connectivity index (χ1n) is 7.44. The molecule has 2 N–H and O–H groups in total. The maximum Gasteiger partial charge on any atom is 0.0613 e. The van der Waals surface area contributed by atoms with Crippen LogP contribution in [-0.2, 0) is 0 Å². The Morgan fingerprint density at radius 1 is 1.22 bits per heavy atom. The lowest BCUT2D eigenvalue weighted by molar-refractivity contribution is 0.137. The van der Waals surface area contributed by atoms with Crippen LogP contribution in [0.1, 0.15) is 53.9 Å². The van der Waals surface area contributed by atoms with E-state index >= 15 is 0 Å². The molecule has 0 heterocycles. The van der Waals surface area contributed by atoms with Gasteiger partial charge in [0.25, 0.3) is 0 Å². The highest BCUT2D eigenvalue weighted by Gasteiger charge is 2.24. The van der Waals surface area contributed by atoms with Gasteiger partial charge in [-0.25, -0.2) is 0 Å². The van der Waals surface area contributed by atoms with Crippen molar-refractivity contribution in [3.63, 3.8) is 0 Å². The minimum Gasteiger partial charge on any atom is -0.394 e. The number of hydrogen-bond acceptors (Lipinski definition) is 3. The fourth-order valence-electron chi connectivity index (χ4n) is 2.40. The summed E-state index contributed by atoms with van der Waals surface area (Å²) in [6.07, 6.45) is 3.16. The van der Waals surface area contributed by atoms with Crippen molar-refractivity contribution in [1.82, 2.24) is 10.2 Å². The zero-order valence-corrected chi connectivity index (χ0v) is 13.3. The summed E-state index contributed by atoms with van der Waals surface area (Å²) in [6, 6.07) is 0.604. The maximum absolute atomic E-state index is 9.52. The van der Waals surface area contributed by atoms with E-state index in [0.717, 1.165) is 32.4 Å². The van der Waals surface area contributed by atoms with Crippen molar-refractivity contribution in [2.45, 2.75) is 65.5 Å². The molecule has 0 rings (SSSR count). The lowest BCUT2D eigenvalue weighted by Gasteiger charge is -2.33. The van der Waals surface area contributed by atoms with Crippen molar-refractivity contribution in [2.24, 2.45) is 5.92 Å². The third-order valence-corrected chi connectivity index (χ3v) is 3.94. The monoisotopic (exact) mass is 258 g/mol. The molecule has 0 saturated heterocycles. The minimum absolute atomic E-state index is 0.0829. The van der Waals surface area contributed by atoms with Gasteiger partial charge in [-0.3, -0.25) is 0 Å². The van der Waals surface area contributed by atoms with Gasteiger partial charge in [-0.1, -0.05) is 20.8 Å². The lowest BCUT2D eigenvalue weighted by atomic mass is 9.91. The molecular weight excluding hydrogens is 224 g/mol. The molecule has 3 nitrogen and oxygen atoms in total. The molecule has 110 valence electrons. The standard InChI is InChI=1S/C15H34N2O/c1-7-15(12-18,16-6)9-8-10-17(14(4)5)11-13(2)3/h13-14,16,18H,7-12H2,1-6H3. The quantitative estimate of drug-likeness (QED) is 0.632. The van der Waals surface area contributed by atoms with E-state index in [9.17, 15) is 5.11 Å². The van der Waals surface area contributed by atoms with Crippen LogP contribution in [0.15, 0.2) is 0 Å². The van der Waals surface area contributed by atoms with Gasteiger partial charge in [0.1, 0.15) is 0 Å². The smallest absolute Gasteiger partial charge is 0.0613 e. The zero-order valence-electron chi connectivity index (χ0n) is 13.3. The first-order chi connectivity index (χ1) is 8.40. The summed E-state index contributed by atoms with van der Waals surface area (Å²) in [5.74, 6) is 0.713. The largest absolute Gasteiger partial charge is 0.394 e. The topological polar surface area (TPSA) is 35.5 Å². The van der Waals surface area contributed by atoms with E-state index in [0.29, 0.717) is 12.0 Å². The Labute approximate surface area is 114 Å². The Balaban J connectivity index is 4.19. The van der Waals surface area contributed by atoms with Gasteiger partial charge in [0, 0.05) is 18.1 Å². The van der Waals surface area contributed by atoms with E-state index < -0.39 is 0 Å². The van der Waals surface area contributed by atoms with E-state index in [1.165, 1.54) is 0 Å². The second-order valence-electron chi connectivity index (χ2n) is 6.13. The number of aliphatic hydroxyl groups is 1. The number of rotatable bonds is 10. The molecule has 0 radical (unpaired) electrons. The van der Waals surface area contributed by atoms with Crippen molar-refractivity contribution < 1.29 is 5.11 Å². The Bertz CT molecular complexity index is 192. The minimum atomic E-state index is -0.0829. The molecule has 0 fully saturated rings. The van der Waals surface area contributed by atoms with Crippen molar-refractivity contribution in [1.29, 1.82) is 0 Å². The summed E-state index contributed by atoms with van der Waals surface area (Å²) in [6.45, 7) is 13.7. The summed E-state index contributed by atoms with van der Waals surface area (Å²) in [7, 11) is 1.95. The van der Waals surface area contributed by atoms with Crippen LogP contribution in [0.25, 0.3) is 0 Å². The highest BCUT2D eigenvalue weighted by atomic mass is 16.3. The van der Waals surface area contributed by atoms with Crippen LogP contribution in [0.4, 0.5) is 0 Å². The summed E-state index contributed by atoms with van der Waals surface area (Å²) >= 11 is 0. The van der Waals surface area contributed by atoms with Crippen molar-refractivity contribution in [3.05, 3.63) is 0 Å². The summed E-state index contributed by atoms with van der Waals surface area (Å²) in [5.41, 5.74) is -0.0829. The van der Waals surface area contributed by atoms with Crippen LogP contribution >= 0.6 is 0 Å². The molecular formula is C15H34N2O. The third-order valence-electron chi connectivity index (χ3n) is 3.94. The van der Waals surface area contributed by atoms with Crippen LogP contribution in [0.2, 0.25) is 0 Å². The van der Waals surface area contributed by atoms with Gasteiger partial charge in [-0.15, -0.1) is 0 Å². The molecule has 0 aromatic heterocycles. The fourth-order valence-corrected chi connectivity index (χ4v) is 2.40. The summed E-state index contributed by atoms with van der Waals surface area (Å²) in [5, 5.41) is 12.8. The molecule has 18 heavy (non-hydrogen) atoms. The highest BCUT2D eigenvalue weighted by molar-refractivity contribution is 4.85. The maximum atomic E-state index is 9.52. The van der Waals surface area contributed by atoms with Gasteiger partial charge in [0.05, 0.1) is 6.61 Å². The van der Waals surface area contributed by atoms with Crippen molar-refractivity contribution in [2.75, 3.05) is 26.7 Å². The first kappa shape index (κ1) is 17.9. The lowest BCUT2D eigenvalue weighted by Crippen LogP contribution is -2.46. The normalized spacial score (nSPS) is 15.7. The second kappa shape index (κ2) is 8.89. The Kier molecular flexibility index (Phi) is 8.83. The summed E-state index contributed by atoms with van der Waals surface area (Å²) < 4.78 is 0. The van der Waals surface area contributed by atoms with E-state index in [1.54, 1.807) is 0 Å². The number of aliphatic hydroxyl groups excluding tert-OH is 1. The molecule has 0 bridgehead atoms. The molecule has 0 saturated carbocycles. The molecule has 0 aliphatic rings. The van der Waals surface area contributed by atoms with Crippen LogP contribution in [0, 0.1) is 5.92 Å². The predicted octanol–water partition coefficient (Wildman–Crippen LogP) is 2.49. The second-order valence-corrected chi connectivity index (χ2v) is 6.13. The van der Waals surface area contributed by atoms with E-state index in [1.807, 2.05) is 7.05 Å². The van der Waals surface area contributed by atoms with Crippen LogP contribution < -0.4 is 5.32 Å². The number of likely N-dealkylation sites (N-methyl/N-ethyl adjacent to an activating group) is 1. The molecule has 3 heteroatoms. The Hall–Kier alpha value is -0.120. The average Bonchev–Trinajstić information content (AvgIpc) is 2.33. The van der Waals surface area contributed by atoms with Gasteiger partial charge in [0.2, 0.25) is 0 Å². The SMILES string of the molecule is CCC(CO)(CCCN(CC(C)C)C(C)C)NC. The molecule has 1 unspecified atom stereocenters. The van der Waals surface area contributed by atoms with E-state index in [-0.39, 0.29) is 12.1 Å². The molecule has 1 atom stereocenters. The van der Waals surface area contributed by atoms with Crippen LogP contribution in [0.3, 0.4) is 0 Å². The van der Waals surface area contributed by atoms with Gasteiger partial charge in [-0.2, -0.15) is 0 Å². The Morgan fingerprint density at radius 2 is 1.83 bits per heavy atom. The molecule has 0 aliphatic carbocycles. The van der Waals surface area contributed by atoms with Crippen molar-refractivity contribution >= 4 is 0 Å². The third kappa shape index (κ3) is 6.17. The highest BCUT2D eigenvalue weighted by Crippen LogP contribution is 2.17. The molecule has 0 amide bonds. The van der Waals surface area contributed by atoms with Gasteiger partial charge >= 0.3 is 0 Å². The van der Waals surface area contributed by atoms with Gasteiger partial charge in [-0.05, 0) is 52.6 Å². The Morgan fingerprint density at radius 3 is 2.17 bits per heavy atom. The van der Waals surface area contributed by atoms with Crippen LogP contribution in [0.5, 0.6) is 0 Å². The van der Waals surface area contributed by atoms with Crippen LogP contribution in [-0.4, -0.2) is 48.3 Å². The zero-order chi connectivity index (χ0) is 14.2. The van der Waals surface area contributed by atoms with E-state index in [2.05, 4.69) is 44.8 Å². The number of nitrogens with one attached hydrogen (secondary N) is 1. The van der Waals surface area contributed by atoms with Gasteiger partial charge < -0.3 is 15.3 Å². The molecule has 0 aromatic carbocycles.